The Morgan fingerprint density at radius 2 is 1.74 bits per heavy atom. The van der Waals surface area contributed by atoms with Crippen molar-refractivity contribution >= 4 is 44.1 Å². The van der Waals surface area contributed by atoms with Gasteiger partial charge in [0.2, 0.25) is 0 Å². The highest BCUT2D eigenvalue weighted by molar-refractivity contribution is 7.22. The van der Waals surface area contributed by atoms with Gasteiger partial charge in [0.1, 0.15) is 23.6 Å². The minimum Gasteiger partial charge on any atom is -0.497 e. The molecule has 0 fully saturated rings. The highest BCUT2D eigenvalue weighted by Gasteiger charge is 2.20. The Hall–Kier alpha value is -3.91. The molecule has 0 aliphatic rings. The molecule has 0 atom stereocenters. The van der Waals surface area contributed by atoms with E-state index < -0.39 is 0 Å². The molecule has 31 heavy (non-hydrogen) atoms. The van der Waals surface area contributed by atoms with E-state index >= 15 is 0 Å². The normalized spacial score (nSPS) is 11.0. The second kappa shape index (κ2) is 8.08. The Kier molecular flexibility index (Phi) is 4.97. The number of hydrogen-bond donors (Lipinski definition) is 2. The minimum atomic E-state index is 0.212. The van der Waals surface area contributed by atoms with Gasteiger partial charge in [-0.05, 0) is 42.0 Å². The first kappa shape index (κ1) is 19.1. The van der Waals surface area contributed by atoms with E-state index in [4.69, 9.17) is 15.2 Å². The lowest BCUT2D eigenvalue weighted by Gasteiger charge is -2.07. The fraction of sp³-hybridized carbons (Fsp3) is 0.0870. The lowest BCUT2D eigenvalue weighted by molar-refractivity contribution is -0.467. The number of rotatable bonds is 6. The van der Waals surface area contributed by atoms with Crippen LogP contribution in [0.4, 0.5) is 17.6 Å². The number of ether oxygens (including phenoxy) is 2. The van der Waals surface area contributed by atoms with Crippen LogP contribution >= 0.6 is 11.3 Å². The second-order valence-electron chi connectivity index (χ2n) is 6.88. The molecule has 2 heterocycles. The van der Waals surface area contributed by atoms with E-state index in [1.165, 1.54) is 11.3 Å². The number of aromatic nitrogens is 3. The average molecular weight is 431 g/mol. The van der Waals surface area contributed by atoms with Gasteiger partial charge in [-0.25, -0.2) is 0 Å². The Balaban J connectivity index is 1.42. The molecule has 0 unspecified atom stereocenters. The molecule has 0 radical (unpaired) electrons. The van der Waals surface area contributed by atoms with E-state index in [0.717, 1.165) is 37.9 Å². The third kappa shape index (κ3) is 3.93. The molecule has 7 nitrogen and oxygen atoms in total. The number of anilines is 3. The molecule has 3 aromatic carbocycles. The number of fused-ring (bicyclic) bond motifs is 3. The zero-order chi connectivity index (χ0) is 21.2. The highest BCUT2D eigenvalue weighted by Crippen LogP contribution is 2.27. The third-order valence-corrected chi connectivity index (χ3v) is 5.80. The molecule has 8 heteroatoms. The van der Waals surface area contributed by atoms with Gasteiger partial charge in [-0.3, -0.25) is 5.32 Å². The van der Waals surface area contributed by atoms with Gasteiger partial charge in [-0.15, -0.1) is 0 Å². The van der Waals surface area contributed by atoms with E-state index in [2.05, 4.69) is 15.3 Å². The smallest absolute Gasteiger partial charge is 0.362 e. The summed E-state index contributed by atoms with van der Waals surface area (Å²) < 4.78 is 14.2. The number of nitrogens with zero attached hydrogens (tertiary/aromatic N) is 3. The number of nitrogens with two attached hydrogens (primary N) is 1. The predicted octanol–water partition coefficient (Wildman–Crippen LogP) is 4.34. The summed E-state index contributed by atoms with van der Waals surface area (Å²) in [5, 5.41) is 3.35. The summed E-state index contributed by atoms with van der Waals surface area (Å²) in [6.07, 6.45) is 0. The van der Waals surface area contributed by atoms with Crippen LogP contribution in [0.1, 0.15) is 5.56 Å². The summed E-state index contributed by atoms with van der Waals surface area (Å²) in [7, 11) is 1.65. The number of methoxy groups -OCH3 is 1. The number of nitrogens with one attached hydrogen (secondary N) is 1. The Labute approximate surface area is 182 Å². The van der Waals surface area contributed by atoms with Crippen molar-refractivity contribution in [1.82, 2.24) is 9.97 Å². The molecule has 5 rings (SSSR count). The fourth-order valence-corrected chi connectivity index (χ4v) is 4.33. The maximum atomic E-state index is 5.96. The number of benzene rings is 3. The summed E-state index contributed by atoms with van der Waals surface area (Å²) in [5.74, 6) is 2.39. The summed E-state index contributed by atoms with van der Waals surface area (Å²) in [4.78, 5) is 9.56. The first-order valence-electron chi connectivity index (χ1n) is 9.69. The lowest BCUT2D eigenvalue weighted by Crippen LogP contribution is -2.27. The zero-order valence-corrected chi connectivity index (χ0v) is 17.6. The Bertz CT molecular complexity index is 1350. The van der Waals surface area contributed by atoms with Crippen LogP contribution in [0.5, 0.6) is 11.5 Å². The Morgan fingerprint density at radius 1 is 0.968 bits per heavy atom. The molecule has 0 aliphatic carbocycles. The first-order valence-corrected chi connectivity index (χ1v) is 10.5. The summed E-state index contributed by atoms with van der Waals surface area (Å²) in [5.41, 5.74) is 8.93. The van der Waals surface area contributed by atoms with Crippen LogP contribution in [0.2, 0.25) is 0 Å². The van der Waals surface area contributed by atoms with Crippen LogP contribution in [-0.2, 0) is 6.61 Å². The van der Waals surface area contributed by atoms with Crippen molar-refractivity contribution < 1.29 is 13.9 Å². The van der Waals surface area contributed by atoms with Crippen molar-refractivity contribution in [3.05, 3.63) is 78.4 Å². The second-order valence-corrected chi connectivity index (χ2v) is 7.89. The fourth-order valence-electron chi connectivity index (χ4n) is 3.28. The highest BCUT2D eigenvalue weighted by atomic mass is 32.1. The van der Waals surface area contributed by atoms with Crippen LogP contribution in [0, 0.1) is 0 Å². The average Bonchev–Trinajstić information content (AvgIpc) is 3.16. The summed E-state index contributed by atoms with van der Waals surface area (Å²) in [6, 6.07) is 23.7. The standard InChI is InChI=1S/C23H19N5O2S/c1-29-18-11-12-19-20(13-18)31-23-27-21(24)26-22(28(19)23)25-16-7-9-17(10-8-16)30-14-15-5-3-2-4-6-15/h2-13H,14H2,1H3,(H2,24,25,26)/p+1. The maximum Gasteiger partial charge on any atom is 0.362 e. The molecule has 3 N–H and O–H groups in total. The largest absolute Gasteiger partial charge is 0.497 e. The van der Waals surface area contributed by atoms with Crippen molar-refractivity contribution in [3.63, 3.8) is 0 Å². The van der Waals surface area contributed by atoms with Crippen molar-refractivity contribution in [2.24, 2.45) is 0 Å². The van der Waals surface area contributed by atoms with Crippen LogP contribution in [0.15, 0.2) is 72.8 Å². The molecule has 0 saturated heterocycles. The van der Waals surface area contributed by atoms with Crippen molar-refractivity contribution in [2.75, 3.05) is 18.2 Å². The molecule has 0 bridgehead atoms. The van der Waals surface area contributed by atoms with Crippen molar-refractivity contribution in [2.45, 2.75) is 6.61 Å². The first-order chi connectivity index (χ1) is 15.2. The van der Waals surface area contributed by atoms with Crippen molar-refractivity contribution in [3.8, 4) is 11.5 Å². The summed E-state index contributed by atoms with van der Waals surface area (Å²) in [6.45, 7) is 0.525. The lowest BCUT2D eigenvalue weighted by atomic mass is 10.2. The van der Waals surface area contributed by atoms with Crippen LogP contribution in [0.25, 0.3) is 15.2 Å². The van der Waals surface area contributed by atoms with Crippen LogP contribution < -0.4 is 24.9 Å². The van der Waals surface area contributed by atoms with Gasteiger partial charge in [0.25, 0.3) is 0 Å². The molecule has 5 aromatic rings. The molecule has 0 amide bonds. The number of hydrogen-bond acceptors (Lipinski definition) is 7. The molecule has 0 aliphatic heterocycles. The zero-order valence-electron chi connectivity index (χ0n) is 16.8. The molecule has 2 aromatic heterocycles. The van der Waals surface area contributed by atoms with E-state index in [9.17, 15) is 0 Å². The van der Waals surface area contributed by atoms with E-state index in [0.29, 0.717) is 12.6 Å². The molecule has 0 saturated carbocycles. The van der Waals surface area contributed by atoms with Gasteiger partial charge in [0.05, 0.1) is 17.5 Å². The quantitative estimate of drug-likeness (QED) is 0.390. The van der Waals surface area contributed by atoms with Gasteiger partial charge < -0.3 is 15.2 Å². The van der Waals surface area contributed by atoms with Crippen LogP contribution in [0.3, 0.4) is 0 Å². The van der Waals surface area contributed by atoms with E-state index in [1.807, 2.05) is 77.2 Å². The molecule has 0 spiro atoms. The summed E-state index contributed by atoms with van der Waals surface area (Å²) >= 11 is 1.53. The topological polar surface area (TPSA) is 86.4 Å². The molecular formula is C23H20N5O2S+. The Morgan fingerprint density at radius 3 is 2.52 bits per heavy atom. The van der Waals surface area contributed by atoms with Crippen molar-refractivity contribution in [1.29, 1.82) is 0 Å². The van der Waals surface area contributed by atoms with Gasteiger partial charge in [0.15, 0.2) is 0 Å². The van der Waals surface area contributed by atoms with E-state index in [1.54, 1.807) is 7.11 Å². The monoisotopic (exact) mass is 430 g/mol. The molecule has 154 valence electrons. The van der Waals surface area contributed by atoms with Gasteiger partial charge in [-0.1, -0.05) is 51.6 Å². The molecular weight excluding hydrogens is 410 g/mol. The minimum absolute atomic E-state index is 0.212. The van der Waals surface area contributed by atoms with Crippen LogP contribution in [-0.4, -0.2) is 17.1 Å². The third-order valence-electron chi connectivity index (χ3n) is 4.80. The van der Waals surface area contributed by atoms with E-state index in [-0.39, 0.29) is 5.95 Å². The van der Waals surface area contributed by atoms with Gasteiger partial charge >= 0.3 is 16.9 Å². The number of nitrogen functional groups attached to an aromatic ring is 1. The SMILES string of the molecule is COc1ccc2c(c1)sc1nc(N)nc(Nc3ccc(OCc4ccccc4)cc3)[n+]12. The number of thiazole rings is 1. The van der Waals surface area contributed by atoms with Gasteiger partial charge in [0, 0.05) is 6.07 Å². The van der Waals surface area contributed by atoms with Gasteiger partial charge in [-0.2, -0.15) is 4.40 Å². The maximum absolute atomic E-state index is 5.96. The predicted molar refractivity (Wildman–Crippen MR) is 122 cm³/mol.